The molecule has 0 amide bonds. The molecule has 1 aromatic heterocycles. The highest BCUT2D eigenvalue weighted by Gasteiger charge is 2.35. The summed E-state index contributed by atoms with van der Waals surface area (Å²) in [7, 11) is 5.23. The molecule has 1 saturated carbocycles. The van der Waals surface area contributed by atoms with E-state index in [2.05, 4.69) is 17.6 Å². The zero-order chi connectivity index (χ0) is 33.3. The number of aromatic nitrogens is 1. The van der Waals surface area contributed by atoms with Crippen LogP contribution in [0.2, 0.25) is 0 Å². The molecule has 8 heteroatoms. The van der Waals surface area contributed by atoms with E-state index in [4.69, 9.17) is 14.2 Å². The first-order valence-corrected chi connectivity index (χ1v) is 16.5. The van der Waals surface area contributed by atoms with Crippen LogP contribution in [-0.4, -0.2) is 60.6 Å². The van der Waals surface area contributed by atoms with Crippen LogP contribution in [0.1, 0.15) is 101 Å². The van der Waals surface area contributed by atoms with Crippen LogP contribution in [0.4, 0.5) is 0 Å². The third-order valence-corrected chi connectivity index (χ3v) is 8.99. The highest BCUT2D eigenvalue weighted by Crippen LogP contribution is 2.48. The normalized spacial score (nSPS) is 19.0. The van der Waals surface area contributed by atoms with E-state index in [1.807, 2.05) is 45.1 Å². The third kappa shape index (κ3) is 6.72. The van der Waals surface area contributed by atoms with Crippen LogP contribution in [0.3, 0.4) is 0 Å². The molecule has 5 rings (SSSR count). The van der Waals surface area contributed by atoms with Gasteiger partial charge in [0.1, 0.15) is 11.2 Å². The SMILES string of the molecule is CCOC(=O)/C(=C\N(C)C)C(=O)C1=CC2=C(CC(C)C(OC)=C2)c2c(C3CCCCC3)c3ccc(C(=O)OC(C)(C)C)cc3n2C1. The molecule has 2 heterocycles. The van der Waals surface area contributed by atoms with E-state index >= 15 is 0 Å². The number of esters is 2. The molecule has 0 spiro atoms. The first-order valence-electron chi connectivity index (χ1n) is 16.5. The lowest BCUT2D eigenvalue weighted by atomic mass is 9.79. The maximum absolute atomic E-state index is 14.4. The number of allylic oxidation sites excluding steroid dienone is 6. The van der Waals surface area contributed by atoms with E-state index < -0.39 is 11.6 Å². The van der Waals surface area contributed by atoms with Crippen LogP contribution in [-0.2, 0) is 30.3 Å². The summed E-state index contributed by atoms with van der Waals surface area (Å²) in [6.45, 7) is 9.86. The van der Waals surface area contributed by atoms with Gasteiger partial charge in [0.2, 0.25) is 0 Å². The fourth-order valence-corrected chi connectivity index (χ4v) is 7.05. The Balaban J connectivity index is 1.79. The van der Waals surface area contributed by atoms with Crippen molar-refractivity contribution in [2.45, 2.75) is 91.2 Å². The molecule has 0 bridgehead atoms. The molecule has 1 fully saturated rings. The number of ether oxygens (including phenoxy) is 3. The molecule has 2 aromatic rings. The largest absolute Gasteiger partial charge is 0.501 e. The molecule has 3 aliphatic rings. The number of carbonyl (C=O) groups is 3. The van der Waals surface area contributed by atoms with Gasteiger partial charge in [0.25, 0.3) is 0 Å². The standard InChI is InChI=1S/C38H48N2O6/c1-9-45-37(43)30(22-39(6)7)35(41)27-18-26-20-32(44-8)23(2)17-29(26)34-33(24-13-11-10-12-14-24)28-16-15-25(19-31(28)40(34)21-27)36(42)46-38(3,4)5/h15-16,18-20,22-24H,9-14,17,21H2,1-8H3/b30-22-. The fraction of sp³-hybridized carbons (Fsp3) is 0.500. The number of hydrogen-bond donors (Lipinski definition) is 0. The Hall–Kier alpha value is -4.07. The van der Waals surface area contributed by atoms with Gasteiger partial charge < -0.3 is 23.7 Å². The van der Waals surface area contributed by atoms with Crippen molar-refractivity contribution in [3.05, 3.63) is 75.9 Å². The van der Waals surface area contributed by atoms with Gasteiger partial charge in [-0.3, -0.25) is 4.79 Å². The summed E-state index contributed by atoms with van der Waals surface area (Å²) in [5.74, 6) is -0.0751. The molecule has 1 aromatic carbocycles. The van der Waals surface area contributed by atoms with Crippen molar-refractivity contribution in [3.8, 4) is 0 Å². The second-order valence-corrected chi connectivity index (χ2v) is 13.9. The zero-order valence-corrected chi connectivity index (χ0v) is 28.6. The van der Waals surface area contributed by atoms with Crippen molar-refractivity contribution in [2.75, 3.05) is 27.8 Å². The van der Waals surface area contributed by atoms with E-state index in [0.29, 0.717) is 17.1 Å². The zero-order valence-electron chi connectivity index (χ0n) is 28.6. The monoisotopic (exact) mass is 628 g/mol. The molecule has 1 unspecified atom stereocenters. The Bertz CT molecular complexity index is 1670. The Morgan fingerprint density at radius 1 is 1.07 bits per heavy atom. The van der Waals surface area contributed by atoms with Crippen LogP contribution in [0.5, 0.6) is 0 Å². The first kappa shape index (κ1) is 33.3. The maximum Gasteiger partial charge on any atom is 0.343 e. The van der Waals surface area contributed by atoms with E-state index in [9.17, 15) is 14.4 Å². The molecule has 0 saturated heterocycles. The molecule has 0 radical (unpaired) electrons. The lowest BCUT2D eigenvalue weighted by Crippen LogP contribution is -2.24. The summed E-state index contributed by atoms with van der Waals surface area (Å²) in [5.41, 5.74) is 5.62. The van der Waals surface area contributed by atoms with E-state index in [1.165, 1.54) is 31.0 Å². The minimum atomic E-state index is -0.654. The highest BCUT2D eigenvalue weighted by molar-refractivity contribution is 6.24. The molecule has 8 nitrogen and oxygen atoms in total. The summed E-state index contributed by atoms with van der Waals surface area (Å²) in [4.78, 5) is 42.4. The van der Waals surface area contributed by atoms with Crippen LogP contribution < -0.4 is 0 Å². The lowest BCUT2D eigenvalue weighted by Gasteiger charge is -2.27. The molecule has 1 aliphatic heterocycles. The average Bonchev–Trinajstić information content (AvgIpc) is 3.22. The topological polar surface area (TPSA) is 87.1 Å². The number of Topliss-reactive ketones (excluding diaryl/α,β-unsaturated/α-hetero) is 1. The maximum atomic E-state index is 14.4. The number of benzene rings is 1. The fourth-order valence-electron chi connectivity index (χ4n) is 7.05. The van der Waals surface area contributed by atoms with Gasteiger partial charge in [-0.05, 0) is 93.9 Å². The second-order valence-electron chi connectivity index (χ2n) is 13.9. The van der Waals surface area contributed by atoms with E-state index in [1.54, 1.807) is 33.0 Å². The average molecular weight is 629 g/mol. The van der Waals surface area contributed by atoms with Crippen molar-refractivity contribution in [2.24, 2.45) is 5.92 Å². The number of ketones is 1. The van der Waals surface area contributed by atoms with Crippen LogP contribution in [0.15, 0.2) is 59.0 Å². The van der Waals surface area contributed by atoms with Crippen LogP contribution in [0, 0.1) is 5.92 Å². The number of rotatable bonds is 8. The number of carbonyl (C=O) groups excluding carboxylic acids is 3. The third-order valence-electron chi connectivity index (χ3n) is 8.99. The van der Waals surface area contributed by atoms with Crippen molar-refractivity contribution >= 4 is 34.2 Å². The molecule has 0 N–H and O–H groups in total. The second kappa shape index (κ2) is 13.3. The van der Waals surface area contributed by atoms with Crippen molar-refractivity contribution in [1.29, 1.82) is 0 Å². The van der Waals surface area contributed by atoms with Gasteiger partial charge in [-0.2, -0.15) is 0 Å². The summed E-state index contributed by atoms with van der Waals surface area (Å²) in [6.07, 6.45) is 12.0. The first-order chi connectivity index (χ1) is 21.8. The van der Waals surface area contributed by atoms with Gasteiger partial charge in [-0.15, -0.1) is 0 Å². The van der Waals surface area contributed by atoms with Crippen molar-refractivity contribution < 1.29 is 28.6 Å². The number of fused-ring (bicyclic) bond motifs is 4. The van der Waals surface area contributed by atoms with Gasteiger partial charge in [0, 0.05) is 48.4 Å². The van der Waals surface area contributed by atoms with Gasteiger partial charge in [0.05, 0.1) is 31.6 Å². The lowest BCUT2D eigenvalue weighted by molar-refractivity contribution is -0.139. The number of nitrogens with zero attached hydrogens (tertiary/aromatic N) is 2. The Morgan fingerprint density at radius 3 is 2.41 bits per heavy atom. The Morgan fingerprint density at radius 2 is 1.78 bits per heavy atom. The van der Waals surface area contributed by atoms with Gasteiger partial charge >= 0.3 is 11.9 Å². The predicted octanol–water partition coefficient (Wildman–Crippen LogP) is 7.49. The van der Waals surface area contributed by atoms with Crippen LogP contribution >= 0.6 is 0 Å². The smallest absolute Gasteiger partial charge is 0.343 e. The summed E-state index contributed by atoms with van der Waals surface area (Å²) in [5, 5.41) is 1.10. The van der Waals surface area contributed by atoms with Gasteiger partial charge in [0.15, 0.2) is 5.78 Å². The summed E-state index contributed by atoms with van der Waals surface area (Å²) in [6, 6.07) is 5.84. The predicted molar refractivity (Wildman–Crippen MR) is 180 cm³/mol. The molecular weight excluding hydrogens is 580 g/mol. The minimum absolute atomic E-state index is 0.0257. The van der Waals surface area contributed by atoms with Crippen molar-refractivity contribution in [3.63, 3.8) is 0 Å². The summed E-state index contributed by atoms with van der Waals surface area (Å²) < 4.78 is 19.1. The quantitative estimate of drug-likeness (QED) is 0.130. The van der Waals surface area contributed by atoms with E-state index in [0.717, 1.165) is 52.8 Å². The van der Waals surface area contributed by atoms with Gasteiger partial charge in [-0.25, -0.2) is 9.59 Å². The van der Waals surface area contributed by atoms with Crippen molar-refractivity contribution in [1.82, 2.24) is 9.47 Å². The van der Waals surface area contributed by atoms with Gasteiger partial charge in [-0.1, -0.05) is 32.3 Å². The molecule has 246 valence electrons. The Kier molecular flexibility index (Phi) is 9.66. The molecular formula is C38H48N2O6. The number of hydrogen-bond acceptors (Lipinski definition) is 7. The van der Waals surface area contributed by atoms with E-state index in [-0.39, 0.29) is 36.4 Å². The van der Waals surface area contributed by atoms with Crippen LogP contribution in [0.25, 0.3) is 16.5 Å². The molecule has 46 heavy (non-hydrogen) atoms. The molecule has 2 aliphatic carbocycles. The molecule has 1 atom stereocenters. The Labute approximate surface area is 272 Å². The summed E-state index contributed by atoms with van der Waals surface area (Å²) >= 11 is 0. The number of methoxy groups -OCH3 is 1. The minimum Gasteiger partial charge on any atom is -0.501 e. The highest BCUT2D eigenvalue weighted by atomic mass is 16.6.